The molecule has 3 heteroatoms. The minimum Gasteiger partial charge on any atom is -0.478 e. The Morgan fingerprint density at radius 1 is 1.06 bits per heavy atom. The highest BCUT2D eigenvalue weighted by atomic mass is 16.4. The molecule has 0 radical (unpaired) electrons. The predicted octanol–water partition coefficient (Wildman–Crippen LogP) is 2.45. The third-order valence-electron chi connectivity index (χ3n) is 2.62. The second-order valence-corrected chi connectivity index (χ2v) is 3.95. The maximum absolute atomic E-state index is 10.6. The highest BCUT2D eigenvalue weighted by Gasteiger charge is 2.01. The Kier molecular flexibility index (Phi) is 5.57. The van der Waals surface area contributed by atoms with Gasteiger partial charge in [0.2, 0.25) is 0 Å². The molecule has 88 valence electrons. The van der Waals surface area contributed by atoms with Crippen LogP contribution in [0, 0.1) is 0 Å². The minimum absolute atomic E-state index is 0.354. The van der Waals surface area contributed by atoms with Crippen molar-refractivity contribution >= 4 is 5.97 Å². The normalized spacial score (nSPS) is 10.3. The molecule has 0 aromatic heterocycles. The second kappa shape index (κ2) is 7.01. The Labute approximate surface area is 96.3 Å². The summed E-state index contributed by atoms with van der Waals surface area (Å²) in [6, 6.07) is 7.12. The fraction of sp³-hybridized carbons (Fsp3) is 0.462. The number of carboxylic acid groups (broad SMARTS) is 1. The SMILES string of the molecule is NCCCCCCc1ccc(C(=O)O)cc1. The molecule has 0 saturated heterocycles. The van der Waals surface area contributed by atoms with Crippen LogP contribution >= 0.6 is 0 Å². The summed E-state index contributed by atoms with van der Waals surface area (Å²) in [6.45, 7) is 0.771. The number of carboxylic acids is 1. The number of hydrogen-bond donors (Lipinski definition) is 2. The molecule has 3 N–H and O–H groups in total. The van der Waals surface area contributed by atoms with Crippen molar-refractivity contribution in [2.75, 3.05) is 6.54 Å². The molecule has 0 unspecified atom stereocenters. The van der Waals surface area contributed by atoms with Crippen LogP contribution in [0.1, 0.15) is 41.6 Å². The number of rotatable bonds is 7. The van der Waals surface area contributed by atoms with Gasteiger partial charge in [-0.2, -0.15) is 0 Å². The van der Waals surface area contributed by atoms with E-state index in [-0.39, 0.29) is 0 Å². The topological polar surface area (TPSA) is 63.3 Å². The van der Waals surface area contributed by atoms with Crippen LogP contribution in [0.25, 0.3) is 0 Å². The second-order valence-electron chi connectivity index (χ2n) is 3.95. The van der Waals surface area contributed by atoms with E-state index in [2.05, 4.69) is 0 Å². The lowest BCUT2D eigenvalue weighted by molar-refractivity contribution is 0.0697. The van der Waals surface area contributed by atoms with Crippen molar-refractivity contribution in [1.29, 1.82) is 0 Å². The number of nitrogens with two attached hydrogens (primary N) is 1. The summed E-state index contributed by atoms with van der Waals surface area (Å²) in [4.78, 5) is 10.6. The number of hydrogen-bond acceptors (Lipinski definition) is 2. The first kappa shape index (κ1) is 12.7. The molecule has 1 aromatic rings. The Balaban J connectivity index is 2.29. The Morgan fingerprint density at radius 3 is 2.25 bits per heavy atom. The Bertz CT molecular complexity index is 319. The average Bonchev–Trinajstić information content (AvgIpc) is 2.29. The standard InChI is InChI=1S/C13H19NO2/c14-10-4-2-1-3-5-11-6-8-12(9-7-11)13(15)16/h6-9H,1-5,10,14H2,(H,15,16). The van der Waals surface area contributed by atoms with Crippen molar-refractivity contribution in [3.63, 3.8) is 0 Å². The predicted molar refractivity (Wildman–Crippen MR) is 64.6 cm³/mol. The molecule has 1 aromatic carbocycles. The van der Waals surface area contributed by atoms with Crippen molar-refractivity contribution in [3.05, 3.63) is 35.4 Å². The van der Waals surface area contributed by atoms with Gasteiger partial charge in [-0.1, -0.05) is 25.0 Å². The van der Waals surface area contributed by atoms with Crippen LogP contribution in [0.3, 0.4) is 0 Å². The van der Waals surface area contributed by atoms with Crippen LogP contribution in [0.4, 0.5) is 0 Å². The average molecular weight is 221 g/mol. The van der Waals surface area contributed by atoms with E-state index in [1.807, 2.05) is 12.1 Å². The molecule has 0 aliphatic carbocycles. The van der Waals surface area contributed by atoms with Gasteiger partial charge in [-0.15, -0.1) is 0 Å². The highest BCUT2D eigenvalue weighted by molar-refractivity contribution is 5.87. The fourth-order valence-electron chi connectivity index (χ4n) is 1.64. The van der Waals surface area contributed by atoms with Gasteiger partial charge in [-0.05, 0) is 43.5 Å². The quantitative estimate of drug-likeness (QED) is 0.695. The first-order valence-electron chi connectivity index (χ1n) is 5.76. The zero-order valence-corrected chi connectivity index (χ0v) is 9.48. The van der Waals surface area contributed by atoms with Crippen LogP contribution in [0.5, 0.6) is 0 Å². The summed E-state index contributed by atoms with van der Waals surface area (Å²) < 4.78 is 0. The fourth-order valence-corrected chi connectivity index (χ4v) is 1.64. The van der Waals surface area contributed by atoms with Crippen molar-refractivity contribution < 1.29 is 9.90 Å². The van der Waals surface area contributed by atoms with E-state index in [0.29, 0.717) is 5.56 Å². The first-order chi connectivity index (χ1) is 7.74. The van der Waals surface area contributed by atoms with Crippen LogP contribution in [-0.4, -0.2) is 17.6 Å². The number of aryl methyl sites for hydroxylation is 1. The lowest BCUT2D eigenvalue weighted by atomic mass is 10.0. The molecule has 0 heterocycles. The van der Waals surface area contributed by atoms with Crippen molar-refractivity contribution in [2.45, 2.75) is 32.1 Å². The molecular formula is C13H19NO2. The third-order valence-corrected chi connectivity index (χ3v) is 2.62. The maximum atomic E-state index is 10.6. The minimum atomic E-state index is -0.866. The lowest BCUT2D eigenvalue weighted by Crippen LogP contribution is -1.98. The van der Waals surface area contributed by atoms with E-state index < -0.39 is 5.97 Å². The van der Waals surface area contributed by atoms with Gasteiger partial charge < -0.3 is 10.8 Å². The van der Waals surface area contributed by atoms with Gasteiger partial charge in [0.25, 0.3) is 0 Å². The van der Waals surface area contributed by atoms with Crippen molar-refractivity contribution in [2.24, 2.45) is 5.73 Å². The molecule has 3 nitrogen and oxygen atoms in total. The summed E-state index contributed by atoms with van der Waals surface area (Å²) >= 11 is 0. The van der Waals surface area contributed by atoms with Crippen molar-refractivity contribution in [1.82, 2.24) is 0 Å². The first-order valence-corrected chi connectivity index (χ1v) is 5.76. The number of aromatic carboxylic acids is 1. The van der Waals surface area contributed by atoms with Gasteiger partial charge in [-0.3, -0.25) is 0 Å². The van der Waals surface area contributed by atoms with Gasteiger partial charge in [0.1, 0.15) is 0 Å². The molecule has 0 saturated carbocycles. The summed E-state index contributed by atoms with van der Waals surface area (Å²) in [6.07, 6.45) is 5.64. The number of unbranched alkanes of at least 4 members (excludes halogenated alkanes) is 3. The molecule has 0 bridgehead atoms. The monoisotopic (exact) mass is 221 g/mol. The summed E-state index contributed by atoms with van der Waals surface area (Å²) in [5.41, 5.74) is 6.97. The maximum Gasteiger partial charge on any atom is 0.335 e. The van der Waals surface area contributed by atoms with Gasteiger partial charge >= 0.3 is 5.97 Å². The molecule has 0 fully saturated rings. The van der Waals surface area contributed by atoms with E-state index in [0.717, 1.165) is 25.8 Å². The van der Waals surface area contributed by atoms with Gasteiger partial charge in [-0.25, -0.2) is 4.79 Å². The highest BCUT2D eigenvalue weighted by Crippen LogP contribution is 2.09. The summed E-state index contributed by atoms with van der Waals surface area (Å²) in [5.74, 6) is -0.866. The molecular weight excluding hydrogens is 202 g/mol. The smallest absolute Gasteiger partial charge is 0.335 e. The molecule has 0 atom stereocenters. The van der Waals surface area contributed by atoms with Gasteiger partial charge in [0, 0.05) is 0 Å². The van der Waals surface area contributed by atoms with Crippen LogP contribution in [0.2, 0.25) is 0 Å². The van der Waals surface area contributed by atoms with Gasteiger partial charge in [0.05, 0.1) is 5.56 Å². The van der Waals surface area contributed by atoms with E-state index in [1.165, 1.54) is 18.4 Å². The van der Waals surface area contributed by atoms with Crippen LogP contribution in [0.15, 0.2) is 24.3 Å². The molecule has 0 spiro atoms. The van der Waals surface area contributed by atoms with E-state index in [1.54, 1.807) is 12.1 Å². The Morgan fingerprint density at radius 2 is 1.69 bits per heavy atom. The van der Waals surface area contributed by atoms with Crippen LogP contribution in [-0.2, 0) is 6.42 Å². The van der Waals surface area contributed by atoms with E-state index in [9.17, 15) is 4.79 Å². The van der Waals surface area contributed by atoms with E-state index >= 15 is 0 Å². The third kappa shape index (κ3) is 4.45. The molecule has 16 heavy (non-hydrogen) atoms. The number of carbonyl (C=O) groups is 1. The zero-order chi connectivity index (χ0) is 11.8. The lowest BCUT2D eigenvalue weighted by Gasteiger charge is -2.02. The molecule has 0 aliphatic heterocycles. The van der Waals surface area contributed by atoms with Crippen LogP contribution < -0.4 is 5.73 Å². The molecule has 0 aliphatic rings. The number of benzene rings is 1. The summed E-state index contributed by atoms with van der Waals surface area (Å²) in [5, 5.41) is 8.74. The van der Waals surface area contributed by atoms with Gasteiger partial charge in [0.15, 0.2) is 0 Å². The molecule has 1 rings (SSSR count). The van der Waals surface area contributed by atoms with Crippen molar-refractivity contribution in [3.8, 4) is 0 Å². The Hall–Kier alpha value is -1.35. The molecule has 0 amide bonds. The zero-order valence-electron chi connectivity index (χ0n) is 9.48. The largest absolute Gasteiger partial charge is 0.478 e. The summed E-state index contributed by atoms with van der Waals surface area (Å²) in [7, 11) is 0. The van der Waals surface area contributed by atoms with E-state index in [4.69, 9.17) is 10.8 Å².